The molecule has 116 valence electrons. The quantitative estimate of drug-likeness (QED) is 0.873. The molecule has 1 aliphatic rings. The summed E-state index contributed by atoms with van der Waals surface area (Å²) in [6.07, 6.45) is 0. The lowest BCUT2D eigenvalue weighted by Gasteiger charge is -2.36. The Morgan fingerprint density at radius 2 is 2.19 bits per heavy atom. The number of rotatable bonds is 3. The zero-order valence-corrected chi connectivity index (χ0v) is 12.7. The van der Waals surface area contributed by atoms with Gasteiger partial charge in [0.25, 0.3) is 0 Å². The molecule has 1 aliphatic heterocycles. The van der Waals surface area contributed by atoms with E-state index in [4.69, 9.17) is 4.74 Å². The highest BCUT2D eigenvalue weighted by Crippen LogP contribution is 2.26. The summed E-state index contributed by atoms with van der Waals surface area (Å²) < 4.78 is 5.35. The number of morpholine rings is 1. The summed E-state index contributed by atoms with van der Waals surface area (Å²) in [5, 5.41) is 18.8. The molecule has 6 nitrogen and oxygen atoms in total. The van der Waals surface area contributed by atoms with Crippen LogP contribution in [0, 0.1) is 0 Å². The molecule has 21 heavy (non-hydrogen) atoms. The van der Waals surface area contributed by atoms with Crippen molar-refractivity contribution in [1.29, 1.82) is 0 Å². The molecule has 1 saturated heterocycles. The molecule has 0 saturated carbocycles. The maximum Gasteiger partial charge on any atom is 0.335 e. The van der Waals surface area contributed by atoms with Gasteiger partial charge >= 0.3 is 5.97 Å². The monoisotopic (exact) mass is 294 g/mol. The van der Waals surface area contributed by atoms with Crippen LogP contribution in [-0.2, 0) is 10.2 Å². The molecule has 0 bridgehead atoms. The molecule has 1 aromatic heterocycles. The number of pyridine rings is 1. The molecule has 0 aromatic carbocycles. The fourth-order valence-electron chi connectivity index (χ4n) is 2.28. The van der Waals surface area contributed by atoms with Crippen LogP contribution in [0.3, 0.4) is 0 Å². The first-order chi connectivity index (χ1) is 9.82. The lowest BCUT2D eigenvalue weighted by Crippen LogP contribution is -2.48. The number of carboxylic acid groups (broad SMARTS) is 1. The van der Waals surface area contributed by atoms with Crippen LogP contribution in [0.4, 0.5) is 5.82 Å². The molecule has 1 unspecified atom stereocenters. The number of aliphatic hydroxyl groups excluding tert-OH is 1. The van der Waals surface area contributed by atoms with Crippen molar-refractivity contribution in [3.8, 4) is 0 Å². The van der Waals surface area contributed by atoms with Crippen molar-refractivity contribution >= 4 is 11.8 Å². The first-order valence-electron chi connectivity index (χ1n) is 7.04. The predicted octanol–water partition coefficient (Wildman–Crippen LogP) is 1.27. The summed E-state index contributed by atoms with van der Waals surface area (Å²) in [7, 11) is 0. The van der Waals surface area contributed by atoms with E-state index in [1.807, 2.05) is 25.7 Å². The van der Waals surface area contributed by atoms with E-state index in [9.17, 15) is 15.0 Å². The highest BCUT2D eigenvalue weighted by Gasteiger charge is 2.26. The Bertz CT molecular complexity index is 525. The molecule has 1 atom stereocenters. The Labute approximate surface area is 124 Å². The zero-order chi connectivity index (χ0) is 15.6. The molecule has 0 radical (unpaired) electrons. The third-order valence-corrected chi connectivity index (χ3v) is 3.56. The van der Waals surface area contributed by atoms with Gasteiger partial charge in [-0.05, 0) is 12.1 Å². The molecular weight excluding hydrogens is 272 g/mol. The van der Waals surface area contributed by atoms with Crippen molar-refractivity contribution in [1.82, 2.24) is 4.98 Å². The van der Waals surface area contributed by atoms with E-state index in [2.05, 4.69) is 4.98 Å². The Morgan fingerprint density at radius 1 is 1.48 bits per heavy atom. The van der Waals surface area contributed by atoms with Gasteiger partial charge in [-0.1, -0.05) is 20.8 Å². The van der Waals surface area contributed by atoms with Crippen molar-refractivity contribution in [2.24, 2.45) is 0 Å². The molecular formula is C15H22N2O4. The van der Waals surface area contributed by atoms with Gasteiger partial charge in [-0.25, -0.2) is 9.78 Å². The van der Waals surface area contributed by atoms with Gasteiger partial charge in [-0.15, -0.1) is 0 Å². The van der Waals surface area contributed by atoms with Gasteiger partial charge in [0.1, 0.15) is 5.82 Å². The average Bonchev–Trinajstić information content (AvgIpc) is 2.45. The fraction of sp³-hybridized carbons (Fsp3) is 0.600. The fourth-order valence-corrected chi connectivity index (χ4v) is 2.28. The summed E-state index contributed by atoms with van der Waals surface area (Å²) in [5.41, 5.74) is 0.690. The number of carboxylic acids is 1. The van der Waals surface area contributed by atoms with Crippen molar-refractivity contribution in [3.05, 3.63) is 23.4 Å². The number of ether oxygens (including phenoxy) is 1. The third-order valence-electron chi connectivity index (χ3n) is 3.56. The zero-order valence-electron chi connectivity index (χ0n) is 12.7. The lowest BCUT2D eigenvalue weighted by molar-refractivity contribution is 0.0695. The minimum absolute atomic E-state index is 0.0518. The predicted molar refractivity (Wildman–Crippen MR) is 78.9 cm³/mol. The average molecular weight is 294 g/mol. The molecule has 0 spiro atoms. The summed E-state index contributed by atoms with van der Waals surface area (Å²) >= 11 is 0. The number of aromatic carboxylic acids is 1. The van der Waals surface area contributed by atoms with Gasteiger partial charge in [0.05, 0.1) is 31.4 Å². The van der Waals surface area contributed by atoms with E-state index < -0.39 is 5.97 Å². The minimum Gasteiger partial charge on any atom is -0.478 e. The summed E-state index contributed by atoms with van der Waals surface area (Å²) in [4.78, 5) is 17.9. The number of hydrogen-bond acceptors (Lipinski definition) is 5. The smallest absolute Gasteiger partial charge is 0.335 e. The Kier molecular flexibility index (Phi) is 4.49. The third kappa shape index (κ3) is 3.51. The maximum absolute atomic E-state index is 11.3. The molecule has 0 aliphatic carbocycles. The van der Waals surface area contributed by atoms with Gasteiger partial charge < -0.3 is 19.8 Å². The van der Waals surface area contributed by atoms with Crippen molar-refractivity contribution < 1.29 is 19.7 Å². The van der Waals surface area contributed by atoms with Crippen LogP contribution in [0.1, 0.15) is 36.8 Å². The summed E-state index contributed by atoms with van der Waals surface area (Å²) in [5.74, 6) is -0.389. The molecule has 2 heterocycles. The van der Waals surface area contributed by atoms with Crippen LogP contribution in [0.25, 0.3) is 0 Å². The Hall–Kier alpha value is -1.66. The van der Waals surface area contributed by atoms with Gasteiger partial charge in [0, 0.05) is 17.7 Å². The standard InChI is InChI=1S/C15H22N2O4/c1-15(2,3)12-6-10(14(19)20)7-13(16-12)17-4-5-21-9-11(17)8-18/h6-7,11,18H,4-5,8-9H2,1-3H3,(H,19,20). The van der Waals surface area contributed by atoms with Crippen molar-refractivity contribution in [2.45, 2.75) is 32.2 Å². The summed E-state index contributed by atoms with van der Waals surface area (Å²) in [6.45, 7) is 7.48. The van der Waals surface area contributed by atoms with Crippen LogP contribution >= 0.6 is 0 Å². The number of nitrogens with zero attached hydrogens (tertiary/aromatic N) is 2. The lowest BCUT2D eigenvalue weighted by atomic mass is 9.90. The minimum atomic E-state index is -0.974. The number of anilines is 1. The first kappa shape index (κ1) is 15.7. The second kappa shape index (κ2) is 5.99. The van der Waals surface area contributed by atoms with Crippen LogP contribution in [-0.4, -0.2) is 53.6 Å². The van der Waals surface area contributed by atoms with E-state index >= 15 is 0 Å². The van der Waals surface area contributed by atoms with E-state index in [1.165, 1.54) is 0 Å². The van der Waals surface area contributed by atoms with E-state index in [-0.39, 0.29) is 23.6 Å². The first-order valence-corrected chi connectivity index (χ1v) is 7.04. The van der Waals surface area contributed by atoms with Gasteiger partial charge in [-0.3, -0.25) is 0 Å². The number of carbonyl (C=O) groups is 1. The highest BCUT2D eigenvalue weighted by atomic mass is 16.5. The van der Waals surface area contributed by atoms with Gasteiger partial charge in [0.15, 0.2) is 0 Å². The molecule has 0 amide bonds. The van der Waals surface area contributed by atoms with Crippen LogP contribution < -0.4 is 4.90 Å². The topological polar surface area (TPSA) is 82.9 Å². The number of aliphatic hydroxyl groups is 1. The number of hydrogen-bond donors (Lipinski definition) is 2. The molecule has 2 rings (SSSR count). The van der Waals surface area contributed by atoms with E-state index in [1.54, 1.807) is 12.1 Å². The van der Waals surface area contributed by atoms with E-state index in [0.29, 0.717) is 25.6 Å². The SMILES string of the molecule is CC(C)(C)c1cc(C(=O)O)cc(N2CCOCC2CO)n1. The second-order valence-electron chi connectivity index (χ2n) is 6.26. The van der Waals surface area contributed by atoms with Crippen molar-refractivity contribution in [2.75, 3.05) is 31.3 Å². The molecule has 1 aromatic rings. The summed E-state index contributed by atoms with van der Waals surface area (Å²) in [6, 6.07) is 2.98. The van der Waals surface area contributed by atoms with Gasteiger partial charge in [0.2, 0.25) is 0 Å². The van der Waals surface area contributed by atoms with Crippen LogP contribution in [0.5, 0.6) is 0 Å². The molecule has 2 N–H and O–H groups in total. The van der Waals surface area contributed by atoms with Crippen molar-refractivity contribution in [3.63, 3.8) is 0 Å². The molecule has 1 fully saturated rings. The second-order valence-corrected chi connectivity index (χ2v) is 6.26. The maximum atomic E-state index is 11.3. The van der Waals surface area contributed by atoms with Crippen LogP contribution in [0.2, 0.25) is 0 Å². The van der Waals surface area contributed by atoms with Crippen LogP contribution in [0.15, 0.2) is 12.1 Å². The largest absolute Gasteiger partial charge is 0.478 e. The number of aromatic nitrogens is 1. The van der Waals surface area contributed by atoms with Gasteiger partial charge in [-0.2, -0.15) is 0 Å². The van der Waals surface area contributed by atoms with E-state index in [0.717, 1.165) is 5.69 Å². The molecule has 6 heteroatoms. The normalized spacial score (nSPS) is 19.6. The Morgan fingerprint density at radius 3 is 2.76 bits per heavy atom. The Balaban J connectivity index is 2.46. The highest BCUT2D eigenvalue weighted by molar-refractivity contribution is 5.88.